The number of nitrogens with zero attached hydrogens (tertiary/aromatic N) is 1. The van der Waals surface area contributed by atoms with Gasteiger partial charge in [0.2, 0.25) is 5.91 Å². The second-order valence-corrected chi connectivity index (χ2v) is 9.24. The van der Waals surface area contributed by atoms with Crippen molar-refractivity contribution in [1.82, 2.24) is 10.2 Å². The van der Waals surface area contributed by atoms with Crippen LogP contribution in [0.5, 0.6) is 17.2 Å². The summed E-state index contributed by atoms with van der Waals surface area (Å²) < 4.78 is 17.5. The van der Waals surface area contributed by atoms with Crippen molar-refractivity contribution < 1.29 is 24.1 Å². The third-order valence-corrected chi connectivity index (χ3v) is 6.66. The molecule has 2 heterocycles. The third kappa shape index (κ3) is 5.72. The molecule has 33 heavy (non-hydrogen) atoms. The van der Waals surface area contributed by atoms with Crippen LogP contribution in [0.1, 0.15) is 24.0 Å². The van der Waals surface area contributed by atoms with Gasteiger partial charge in [-0.25, -0.2) is 0 Å². The SMILES string of the molecule is CNC(=O)Cc1ccc(OC[C@H](O)CN2CCC3(CC2)Cc2cc(Cl)ccc2O3)cc1OC. The number of hydrogen-bond acceptors (Lipinski definition) is 6. The summed E-state index contributed by atoms with van der Waals surface area (Å²) >= 11 is 6.13. The van der Waals surface area contributed by atoms with Gasteiger partial charge in [0.25, 0.3) is 0 Å². The molecule has 7 nitrogen and oxygen atoms in total. The summed E-state index contributed by atoms with van der Waals surface area (Å²) in [4.78, 5) is 13.9. The van der Waals surface area contributed by atoms with Gasteiger partial charge in [0.15, 0.2) is 0 Å². The minimum Gasteiger partial charge on any atom is -0.496 e. The number of hydrogen-bond donors (Lipinski definition) is 2. The number of ether oxygens (including phenoxy) is 3. The lowest BCUT2D eigenvalue weighted by Crippen LogP contribution is -2.49. The lowest BCUT2D eigenvalue weighted by atomic mass is 9.87. The number of halogens is 1. The van der Waals surface area contributed by atoms with Crippen LogP contribution in [0.25, 0.3) is 0 Å². The smallest absolute Gasteiger partial charge is 0.224 e. The standard InChI is InChI=1S/C25H31ClN2O5/c1-27-24(30)12-17-3-5-21(13-23(17)31-2)32-16-20(29)15-28-9-7-25(8-10-28)14-18-11-19(26)4-6-22(18)33-25/h3-6,11,13,20,29H,7-10,12,14-16H2,1-2H3,(H,27,30)/t20-/m1/s1. The van der Waals surface area contributed by atoms with E-state index in [9.17, 15) is 9.90 Å². The van der Waals surface area contributed by atoms with Crippen LogP contribution >= 0.6 is 11.6 Å². The number of rotatable bonds is 8. The van der Waals surface area contributed by atoms with Gasteiger partial charge in [-0.3, -0.25) is 4.79 Å². The van der Waals surface area contributed by atoms with E-state index in [1.54, 1.807) is 26.3 Å². The van der Waals surface area contributed by atoms with Crippen molar-refractivity contribution in [3.05, 3.63) is 52.5 Å². The first kappa shape index (κ1) is 23.7. The molecule has 0 unspecified atom stereocenters. The fraction of sp³-hybridized carbons (Fsp3) is 0.480. The number of amides is 1. The maximum absolute atomic E-state index is 11.6. The van der Waals surface area contributed by atoms with E-state index in [2.05, 4.69) is 10.2 Å². The molecule has 0 aliphatic carbocycles. The lowest BCUT2D eigenvalue weighted by molar-refractivity contribution is -0.119. The monoisotopic (exact) mass is 474 g/mol. The summed E-state index contributed by atoms with van der Waals surface area (Å²) in [6.07, 6.45) is 2.34. The Kier molecular flexibility index (Phi) is 7.32. The molecule has 1 spiro atoms. The number of likely N-dealkylation sites (tertiary alicyclic amines) is 1. The second kappa shape index (κ2) is 10.2. The number of carbonyl (C=O) groups excluding carboxylic acids is 1. The highest BCUT2D eigenvalue weighted by molar-refractivity contribution is 6.30. The quantitative estimate of drug-likeness (QED) is 0.612. The van der Waals surface area contributed by atoms with E-state index in [4.69, 9.17) is 25.8 Å². The van der Waals surface area contributed by atoms with Crippen LogP contribution in [0.4, 0.5) is 0 Å². The van der Waals surface area contributed by atoms with Crippen molar-refractivity contribution in [2.75, 3.05) is 40.4 Å². The molecular weight excluding hydrogens is 444 g/mol. The van der Waals surface area contributed by atoms with Crippen LogP contribution in [-0.2, 0) is 17.6 Å². The lowest BCUT2D eigenvalue weighted by Gasteiger charge is -2.39. The van der Waals surface area contributed by atoms with Gasteiger partial charge in [-0.2, -0.15) is 0 Å². The Morgan fingerprint density at radius 1 is 1.27 bits per heavy atom. The molecule has 2 aliphatic heterocycles. The Labute approximate surface area is 199 Å². The average Bonchev–Trinajstić information content (AvgIpc) is 3.16. The van der Waals surface area contributed by atoms with E-state index in [-0.39, 0.29) is 24.5 Å². The first-order valence-corrected chi connectivity index (χ1v) is 11.7. The van der Waals surface area contributed by atoms with Crippen LogP contribution in [0.15, 0.2) is 36.4 Å². The molecule has 0 radical (unpaired) electrons. The maximum Gasteiger partial charge on any atom is 0.224 e. The predicted octanol–water partition coefficient (Wildman–Crippen LogP) is 2.85. The van der Waals surface area contributed by atoms with E-state index >= 15 is 0 Å². The van der Waals surface area contributed by atoms with Crippen LogP contribution in [0.2, 0.25) is 5.02 Å². The largest absolute Gasteiger partial charge is 0.496 e. The number of methoxy groups -OCH3 is 1. The van der Waals surface area contributed by atoms with Crippen LogP contribution in [0.3, 0.4) is 0 Å². The number of benzene rings is 2. The Hall–Kier alpha value is -2.48. The summed E-state index contributed by atoms with van der Waals surface area (Å²) in [5.74, 6) is 2.04. The van der Waals surface area contributed by atoms with Gasteiger partial charge in [0.1, 0.15) is 35.6 Å². The second-order valence-electron chi connectivity index (χ2n) is 8.80. The number of aliphatic hydroxyl groups excluding tert-OH is 1. The normalized spacial score (nSPS) is 17.8. The first-order valence-electron chi connectivity index (χ1n) is 11.3. The third-order valence-electron chi connectivity index (χ3n) is 6.43. The van der Waals surface area contributed by atoms with Crippen molar-refractivity contribution in [1.29, 1.82) is 0 Å². The number of nitrogens with one attached hydrogen (secondary N) is 1. The molecule has 2 aromatic carbocycles. The zero-order valence-electron chi connectivity index (χ0n) is 19.1. The molecule has 1 saturated heterocycles. The maximum atomic E-state index is 11.6. The van der Waals surface area contributed by atoms with E-state index in [1.807, 2.05) is 24.3 Å². The van der Waals surface area contributed by atoms with E-state index in [0.29, 0.717) is 18.0 Å². The number of carbonyl (C=O) groups is 1. The summed E-state index contributed by atoms with van der Waals surface area (Å²) in [6.45, 7) is 2.45. The van der Waals surface area contributed by atoms with E-state index in [1.165, 1.54) is 5.56 Å². The Bertz CT molecular complexity index is 991. The van der Waals surface area contributed by atoms with Gasteiger partial charge in [-0.05, 0) is 29.8 Å². The predicted molar refractivity (Wildman–Crippen MR) is 126 cm³/mol. The molecule has 0 bridgehead atoms. The van der Waals surface area contributed by atoms with Crippen molar-refractivity contribution >= 4 is 17.5 Å². The molecule has 0 saturated carbocycles. The van der Waals surface area contributed by atoms with Crippen LogP contribution < -0.4 is 19.5 Å². The van der Waals surface area contributed by atoms with Crippen molar-refractivity contribution in [2.24, 2.45) is 0 Å². The van der Waals surface area contributed by atoms with Gasteiger partial charge >= 0.3 is 0 Å². The number of fused-ring (bicyclic) bond motifs is 1. The molecule has 1 fully saturated rings. The minimum atomic E-state index is -0.615. The Balaban J connectivity index is 1.24. The Morgan fingerprint density at radius 2 is 2.06 bits per heavy atom. The fourth-order valence-corrected chi connectivity index (χ4v) is 4.78. The first-order chi connectivity index (χ1) is 15.9. The van der Waals surface area contributed by atoms with Gasteiger partial charge in [0, 0.05) is 62.6 Å². The van der Waals surface area contributed by atoms with Crippen molar-refractivity contribution in [2.45, 2.75) is 37.4 Å². The highest BCUT2D eigenvalue weighted by atomic mass is 35.5. The van der Waals surface area contributed by atoms with Gasteiger partial charge in [-0.15, -0.1) is 0 Å². The summed E-state index contributed by atoms with van der Waals surface area (Å²) in [5.41, 5.74) is 1.81. The number of aliphatic hydroxyl groups is 1. The minimum absolute atomic E-state index is 0.0867. The molecule has 2 N–H and O–H groups in total. The molecule has 2 aromatic rings. The molecular formula is C25H31ClN2O5. The summed E-state index contributed by atoms with van der Waals surface area (Å²) in [6, 6.07) is 11.2. The number of β-amino-alcohol motifs (C(OH)–C–C–N with tert-alkyl or cyclic N) is 1. The molecule has 1 amide bonds. The summed E-state index contributed by atoms with van der Waals surface area (Å²) in [7, 11) is 3.16. The highest BCUT2D eigenvalue weighted by Gasteiger charge is 2.42. The number of likely N-dealkylation sites (N-methyl/N-ethyl adjacent to an activating group) is 1. The van der Waals surface area contributed by atoms with Crippen LogP contribution in [-0.4, -0.2) is 68.0 Å². The molecule has 4 rings (SSSR count). The molecule has 8 heteroatoms. The zero-order valence-corrected chi connectivity index (χ0v) is 19.9. The average molecular weight is 475 g/mol. The topological polar surface area (TPSA) is 80.3 Å². The number of piperidine rings is 1. The van der Waals surface area contributed by atoms with Crippen LogP contribution in [0, 0.1) is 0 Å². The van der Waals surface area contributed by atoms with Gasteiger partial charge in [-0.1, -0.05) is 17.7 Å². The van der Waals surface area contributed by atoms with Gasteiger partial charge in [0.05, 0.1) is 13.5 Å². The van der Waals surface area contributed by atoms with Crippen molar-refractivity contribution in [3.8, 4) is 17.2 Å². The zero-order chi connectivity index (χ0) is 23.4. The van der Waals surface area contributed by atoms with E-state index in [0.717, 1.165) is 48.7 Å². The van der Waals surface area contributed by atoms with E-state index < -0.39 is 6.10 Å². The van der Waals surface area contributed by atoms with Gasteiger partial charge < -0.3 is 29.5 Å². The molecule has 1 atom stereocenters. The summed E-state index contributed by atoms with van der Waals surface area (Å²) in [5, 5.41) is 13.9. The van der Waals surface area contributed by atoms with Crippen molar-refractivity contribution in [3.63, 3.8) is 0 Å². The molecule has 2 aliphatic rings. The highest BCUT2D eigenvalue weighted by Crippen LogP contribution is 2.41. The molecule has 0 aromatic heterocycles. The molecule has 178 valence electrons. The Morgan fingerprint density at radius 3 is 2.79 bits per heavy atom. The fourth-order valence-electron chi connectivity index (χ4n) is 4.59.